The predicted octanol–water partition coefficient (Wildman–Crippen LogP) is 2.76. The van der Waals surface area contributed by atoms with Crippen molar-refractivity contribution >= 4 is 5.78 Å². The molecule has 0 aliphatic heterocycles. The van der Waals surface area contributed by atoms with Crippen molar-refractivity contribution in [3.8, 4) is 11.5 Å². The van der Waals surface area contributed by atoms with Crippen molar-refractivity contribution in [3.05, 3.63) is 23.8 Å². The van der Waals surface area contributed by atoms with E-state index < -0.39 is 6.29 Å². The molecule has 0 aliphatic carbocycles. The van der Waals surface area contributed by atoms with Crippen molar-refractivity contribution in [1.82, 2.24) is 0 Å². The Balaban J connectivity index is 2.98. The second-order valence-electron chi connectivity index (χ2n) is 4.95. The van der Waals surface area contributed by atoms with Crippen molar-refractivity contribution in [2.45, 2.75) is 46.2 Å². The standard InChI is InChI=1S/C15H22O5/c1-9(2)19-15(20-10(3)4)14(17)11-6-7-12(16)13(8-11)18-5/h6-10,15-16H,1-5H3. The molecule has 0 spiro atoms. The van der Waals surface area contributed by atoms with Gasteiger partial charge in [0.05, 0.1) is 19.3 Å². The average molecular weight is 282 g/mol. The normalized spacial score (nSPS) is 11.4. The van der Waals surface area contributed by atoms with E-state index in [1.807, 2.05) is 27.7 Å². The smallest absolute Gasteiger partial charge is 0.223 e. The molecule has 0 heterocycles. The SMILES string of the molecule is COc1cc(C(=O)C(OC(C)C)OC(C)C)ccc1O. The number of rotatable bonds is 7. The van der Waals surface area contributed by atoms with Crippen molar-refractivity contribution in [2.24, 2.45) is 0 Å². The molecule has 1 aromatic rings. The van der Waals surface area contributed by atoms with E-state index in [0.717, 1.165) is 0 Å². The summed E-state index contributed by atoms with van der Waals surface area (Å²) in [6, 6.07) is 4.40. The van der Waals surface area contributed by atoms with E-state index in [-0.39, 0.29) is 29.5 Å². The van der Waals surface area contributed by atoms with Gasteiger partial charge in [0, 0.05) is 5.56 Å². The molecular formula is C15H22O5. The van der Waals surface area contributed by atoms with E-state index in [9.17, 15) is 9.90 Å². The Morgan fingerprint density at radius 2 is 1.65 bits per heavy atom. The first-order valence-electron chi connectivity index (χ1n) is 6.57. The largest absolute Gasteiger partial charge is 0.504 e. The van der Waals surface area contributed by atoms with Crippen LogP contribution in [0.15, 0.2) is 18.2 Å². The zero-order valence-electron chi connectivity index (χ0n) is 12.5. The van der Waals surface area contributed by atoms with Crippen LogP contribution in [0.1, 0.15) is 38.1 Å². The maximum Gasteiger partial charge on any atom is 0.223 e. The molecule has 0 radical (unpaired) electrons. The van der Waals surface area contributed by atoms with E-state index in [4.69, 9.17) is 14.2 Å². The van der Waals surface area contributed by atoms with Crippen molar-refractivity contribution < 1.29 is 24.1 Å². The van der Waals surface area contributed by atoms with Gasteiger partial charge in [-0.2, -0.15) is 0 Å². The molecule has 0 atom stereocenters. The number of hydrogen-bond donors (Lipinski definition) is 1. The Kier molecular flexibility index (Phi) is 5.98. The number of ketones is 1. The highest BCUT2D eigenvalue weighted by Crippen LogP contribution is 2.27. The van der Waals surface area contributed by atoms with Crippen LogP contribution in [0.2, 0.25) is 0 Å². The van der Waals surface area contributed by atoms with Gasteiger partial charge >= 0.3 is 0 Å². The third kappa shape index (κ3) is 4.51. The van der Waals surface area contributed by atoms with E-state index in [1.165, 1.54) is 25.3 Å². The minimum atomic E-state index is -0.968. The predicted molar refractivity (Wildman–Crippen MR) is 75.2 cm³/mol. The molecule has 5 nitrogen and oxygen atoms in total. The molecule has 20 heavy (non-hydrogen) atoms. The van der Waals surface area contributed by atoms with Crippen LogP contribution in [-0.4, -0.2) is 36.5 Å². The molecule has 1 aromatic carbocycles. The fraction of sp³-hybridized carbons (Fsp3) is 0.533. The maximum atomic E-state index is 12.4. The number of phenolic OH excluding ortho intramolecular Hbond substituents is 1. The fourth-order valence-electron chi connectivity index (χ4n) is 1.62. The topological polar surface area (TPSA) is 65.0 Å². The second-order valence-corrected chi connectivity index (χ2v) is 4.95. The summed E-state index contributed by atoms with van der Waals surface area (Å²) < 4.78 is 16.0. The highest BCUT2D eigenvalue weighted by Gasteiger charge is 2.24. The lowest BCUT2D eigenvalue weighted by Gasteiger charge is -2.22. The molecule has 112 valence electrons. The summed E-state index contributed by atoms with van der Waals surface area (Å²) in [7, 11) is 1.43. The van der Waals surface area contributed by atoms with Gasteiger partial charge in [0.15, 0.2) is 11.5 Å². The van der Waals surface area contributed by atoms with E-state index in [1.54, 1.807) is 0 Å². The van der Waals surface area contributed by atoms with Gasteiger partial charge in [-0.15, -0.1) is 0 Å². The van der Waals surface area contributed by atoms with Crippen LogP contribution in [-0.2, 0) is 9.47 Å². The lowest BCUT2D eigenvalue weighted by atomic mass is 10.1. The summed E-state index contributed by atoms with van der Waals surface area (Å²) in [4.78, 5) is 12.4. The van der Waals surface area contributed by atoms with Crippen molar-refractivity contribution in [1.29, 1.82) is 0 Å². The number of carbonyl (C=O) groups excluding carboxylic acids is 1. The molecular weight excluding hydrogens is 260 g/mol. The van der Waals surface area contributed by atoms with Gasteiger partial charge in [-0.05, 0) is 45.9 Å². The van der Waals surface area contributed by atoms with Gasteiger partial charge in [0.2, 0.25) is 12.1 Å². The summed E-state index contributed by atoms with van der Waals surface area (Å²) in [6.45, 7) is 7.34. The van der Waals surface area contributed by atoms with E-state index in [2.05, 4.69) is 0 Å². The maximum absolute atomic E-state index is 12.4. The van der Waals surface area contributed by atoms with Crippen LogP contribution in [0, 0.1) is 0 Å². The first-order valence-corrected chi connectivity index (χ1v) is 6.57. The van der Waals surface area contributed by atoms with Gasteiger partial charge in [-0.3, -0.25) is 4.79 Å². The highest BCUT2D eigenvalue weighted by atomic mass is 16.7. The zero-order chi connectivity index (χ0) is 15.3. The Hall–Kier alpha value is -1.59. The molecule has 0 unspecified atom stereocenters. The van der Waals surface area contributed by atoms with Gasteiger partial charge in [-0.1, -0.05) is 0 Å². The van der Waals surface area contributed by atoms with E-state index >= 15 is 0 Å². The first kappa shape index (κ1) is 16.5. The minimum Gasteiger partial charge on any atom is -0.504 e. The highest BCUT2D eigenvalue weighted by molar-refractivity contribution is 5.99. The summed E-state index contributed by atoms with van der Waals surface area (Å²) in [5.41, 5.74) is 0.367. The molecule has 1 N–H and O–H groups in total. The minimum absolute atomic E-state index is 0.0184. The molecule has 0 saturated carbocycles. The fourth-order valence-corrected chi connectivity index (χ4v) is 1.62. The van der Waals surface area contributed by atoms with Gasteiger partial charge in [0.1, 0.15) is 0 Å². The molecule has 0 aromatic heterocycles. The van der Waals surface area contributed by atoms with Crippen LogP contribution in [0.5, 0.6) is 11.5 Å². The van der Waals surface area contributed by atoms with Crippen LogP contribution in [0.4, 0.5) is 0 Å². The Bertz CT molecular complexity index is 444. The number of benzene rings is 1. The molecule has 0 amide bonds. The summed E-state index contributed by atoms with van der Waals surface area (Å²) in [5, 5.41) is 9.55. The number of hydrogen-bond acceptors (Lipinski definition) is 5. The summed E-state index contributed by atoms with van der Waals surface area (Å²) in [5.74, 6) is -0.0791. The Morgan fingerprint density at radius 1 is 1.10 bits per heavy atom. The van der Waals surface area contributed by atoms with Crippen LogP contribution >= 0.6 is 0 Å². The third-order valence-electron chi connectivity index (χ3n) is 2.47. The number of aromatic hydroxyl groups is 1. The second kappa shape index (κ2) is 7.26. The molecule has 0 saturated heterocycles. The van der Waals surface area contributed by atoms with Gasteiger partial charge in [-0.25, -0.2) is 0 Å². The summed E-state index contributed by atoms with van der Waals surface area (Å²) >= 11 is 0. The van der Waals surface area contributed by atoms with Crippen LogP contribution in [0.3, 0.4) is 0 Å². The molecule has 1 rings (SSSR count). The average Bonchev–Trinajstić information content (AvgIpc) is 2.36. The van der Waals surface area contributed by atoms with Crippen LogP contribution < -0.4 is 4.74 Å². The zero-order valence-corrected chi connectivity index (χ0v) is 12.5. The number of methoxy groups -OCH3 is 1. The molecule has 0 aliphatic rings. The molecule has 5 heteroatoms. The number of ether oxygens (including phenoxy) is 3. The van der Waals surface area contributed by atoms with Crippen molar-refractivity contribution in [3.63, 3.8) is 0 Å². The lowest BCUT2D eigenvalue weighted by Crippen LogP contribution is -2.32. The number of carbonyl (C=O) groups is 1. The lowest BCUT2D eigenvalue weighted by molar-refractivity contribution is -0.152. The Morgan fingerprint density at radius 3 is 2.10 bits per heavy atom. The first-order chi connectivity index (χ1) is 9.35. The monoisotopic (exact) mass is 282 g/mol. The quantitative estimate of drug-likeness (QED) is 0.615. The number of phenols is 1. The van der Waals surface area contributed by atoms with Crippen LogP contribution in [0.25, 0.3) is 0 Å². The summed E-state index contributed by atoms with van der Waals surface area (Å²) in [6.07, 6.45) is -1.24. The molecule has 0 bridgehead atoms. The molecule has 0 fully saturated rings. The van der Waals surface area contributed by atoms with E-state index in [0.29, 0.717) is 5.56 Å². The van der Waals surface area contributed by atoms with Crippen molar-refractivity contribution in [2.75, 3.05) is 7.11 Å². The third-order valence-corrected chi connectivity index (χ3v) is 2.47. The number of Topliss-reactive ketones (excluding diaryl/α,β-unsaturated/α-hetero) is 1. The van der Waals surface area contributed by atoms with Gasteiger partial charge in [0.25, 0.3) is 0 Å². The van der Waals surface area contributed by atoms with Gasteiger partial charge < -0.3 is 19.3 Å². The Labute approximate surface area is 119 Å².